The Morgan fingerprint density at radius 3 is 2.53 bits per heavy atom. The highest BCUT2D eigenvalue weighted by atomic mass is 16.6. The SMILES string of the molecule is COc1cc(C(C#N)C(C)C)ccc1[N+](=O)[O-]. The standard InChI is InChI=1S/C12H14N2O3/c1-8(2)10(7-13)9-4-5-11(14(15)16)12(6-9)17-3/h4-6,8,10H,1-3H3. The van der Waals surface area contributed by atoms with Gasteiger partial charge in [0.05, 0.1) is 24.0 Å². The molecule has 1 atom stereocenters. The molecule has 0 bridgehead atoms. The van der Waals surface area contributed by atoms with Gasteiger partial charge in [0.15, 0.2) is 5.75 Å². The summed E-state index contributed by atoms with van der Waals surface area (Å²) in [6.07, 6.45) is 0. The van der Waals surface area contributed by atoms with Crippen molar-refractivity contribution in [3.63, 3.8) is 0 Å². The molecular formula is C12H14N2O3. The third-order valence-electron chi connectivity index (χ3n) is 2.57. The van der Waals surface area contributed by atoms with Crippen molar-refractivity contribution in [3.8, 4) is 11.8 Å². The quantitative estimate of drug-likeness (QED) is 0.592. The van der Waals surface area contributed by atoms with Crippen molar-refractivity contribution in [3.05, 3.63) is 33.9 Å². The van der Waals surface area contributed by atoms with Crippen LogP contribution in [0.2, 0.25) is 0 Å². The Kier molecular flexibility index (Phi) is 4.05. The summed E-state index contributed by atoms with van der Waals surface area (Å²) in [6, 6.07) is 6.74. The molecule has 5 nitrogen and oxygen atoms in total. The number of methoxy groups -OCH3 is 1. The topological polar surface area (TPSA) is 76.2 Å². The number of ether oxygens (including phenoxy) is 1. The van der Waals surface area contributed by atoms with Crippen LogP contribution >= 0.6 is 0 Å². The van der Waals surface area contributed by atoms with Gasteiger partial charge in [0, 0.05) is 6.07 Å². The molecule has 0 radical (unpaired) electrons. The van der Waals surface area contributed by atoms with Crippen molar-refractivity contribution >= 4 is 5.69 Å². The van der Waals surface area contributed by atoms with E-state index in [1.165, 1.54) is 13.2 Å². The van der Waals surface area contributed by atoms with Gasteiger partial charge in [0.2, 0.25) is 0 Å². The summed E-state index contributed by atoms with van der Waals surface area (Å²) < 4.78 is 4.97. The Bertz CT molecular complexity index is 463. The summed E-state index contributed by atoms with van der Waals surface area (Å²) in [6.45, 7) is 3.86. The molecule has 0 aliphatic rings. The minimum Gasteiger partial charge on any atom is -0.490 e. The van der Waals surface area contributed by atoms with E-state index in [4.69, 9.17) is 10.00 Å². The average Bonchev–Trinajstić information content (AvgIpc) is 2.28. The average molecular weight is 234 g/mol. The van der Waals surface area contributed by atoms with E-state index in [0.29, 0.717) is 0 Å². The summed E-state index contributed by atoms with van der Waals surface area (Å²) in [5.41, 5.74) is 0.654. The van der Waals surface area contributed by atoms with Crippen molar-refractivity contribution in [2.45, 2.75) is 19.8 Å². The van der Waals surface area contributed by atoms with Gasteiger partial charge < -0.3 is 4.74 Å². The minimum atomic E-state index is -0.501. The number of nitro groups is 1. The summed E-state index contributed by atoms with van der Waals surface area (Å²) in [5, 5.41) is 19.8. The lowest BCUT2D eigenvalue weighted by atomic mass is 9.89. The molecule has 90 valence electrons. The highest BCUT2D eigenvalue weighted by molar-refractivity contribution is 5.50. The Balaban J connectivity index is 3.22. The summed E-state index contributed by atoms with van der Waals surface area (Å²) >= 11 is 0. The Morgan fingerprint density at radius 2 is 2.12 bits per heavy atom. The molecule has 0 saturated heterocycles. The first-order valence-corrected chi connectivity index (χ1v) is 5.23. The Labute approximate surface area is 99.8 Å². The molecule has 0 aliphatic heterocycles. The van der Waals surface area contributed by atoms with E-state index in [1.807, 2.05) is 13.8 Å². The number of nitro benzene ring substituents is 1. The lowest BCUT2D eigenvalue weighted by molar-refractivity contribution is -0.385. The molecule has 1 aromatic carbocycles. The second-order valence-electron chi connectivity index (χ2n) is 4.04. The first-order valence-electron chi connectivity index (χ1n) is 5.23. The number of nitriles is 1. The summed E-state index contributed by atoms with van der Waals surface area (Å²) in [5.74, 6) is 0.0456. The Morgan fingerprint density at radius 1 is 1.47 bits per heavy atom. The maximum absolute atomic E-state index is 10.7. The van der Waals surface area contributed by atoms with Gasteiger partial charge in [-0.1, -0.05) is 19.9 Å². The van der Waals surface area contributed by atoms with Crippen LogP contribution in [0.25, 0.3) is 0 Å². The molecule has 5 heteroatoms. The summed E-state index contributed by atoms with van der Waals surface area (Å²) in [7, 11) is 1.38. The van der Waals surface area contributed by atoms with Gasteiger partial charge in [0.25, 0.3) is 0 Å². The normalized spacial score (nSPS) is 11.9. The van der Waals surface area contributed by atoms with Gasteiger partial charge in [-0.2, -0.15) is 5.26 Å². The van der Waals surface area contributed by atoms with Gasteiger partial charge >= 0.3 is 5.69 Å². The highest BCUT2D eigenvalue weighted by Gasteiger charge is 2.20. The smallest absolute Gasteiger partial charge is 0.310 e. The van der Waals surface area contributed by atoms with E-state index in [1.54, 1.807) is 12.1 Å². The van der Waals surface area contributed by atoms with Crippen LogP contribution in [0.4, 0.5) is 5.69 Å². The number of benzene rings is 1. The predicted molar refractivity (Wildman–Crippen MR) is 62.8 cm³/mol. The molecule has 0 aromatic heterocycles. The molecule has 0 saturated carbocycles. The zero-order valence-electron chi connectivity index (χ0n) is 10.0. The molecule has 0 amide bonds. The zero-order chi connectivity index (χ0) is 13.0. The molecule has 0 heterocycles. The second kappa shape index (κ2) is 5.30. The van der Waals surface area contributed by atoms with Crippen molar-refractivity contribution in [2.75, 3.05) is 7.11 Å². The molecule has 0 fully saturated rings. The third-order valence-corrected chi connectivity index (χ3v) is 2.57. The maximum atomic E-state index is 10.7. The predicted octanol–water partition coefficient (Wildman–Crippen LogP) is 2.87. The van der Waals surface area contributed by atoms with Crippen molar-refractivity contribution in [2.24, 2.45) is 5.92 Å². The fourth-order valence-electron chi connectivity index (χ4n) is 1.65. The van der Waals surface area contributed by atoms with Crippen LogP contribution < -0.4 is 4.74 Å². The fourth-order valence-corrected chi connectivity index (χ4v) is 1.65. The van der Waals surface area contributed by atoms with Crippen LogP contribution in [-0.4, -0.2) is 12.0 Å². The van der Waals surface area contributed by atoms with E-state index >= 15 is 0 Å². The zero-order valence-corrected chi connectivity index (χ0v) is 10.0. The van der Waals surface area contributed by atoms with Crippen LogP contribution in [0.15, 0.2) is 18.2 Å². The number of hydrogen-bond donors (Lipinski definition) is 0. The molecule has 1 unspecified atom stereocenters. The first kappa shape index (κ1) is 13.0. The van der Waals surface area contributed by atoms with E-state index in [9.17, 15) is 10.1 Å². The minimum absolute atomic E-state index is 0.0864. The van der Waals surface area contributed by atoms with Crippen molar-refractivity contribution in [1.82, 2.24) is 0 Å². The van der Waals surface area contributed by atoms with Gasteiger partial charge in [-0.05, 0) is 17.5 Å². The first-order chi connectivity index (χ1) is 8.01. The maximum Gasteiger partial charge on any atom is 0.310 e. The Hall–Kier alpha value is -2.09. The van der Waals surface area contributed by atoms with E-state index in [-0.39, 0.29) is 23.3 Å². The monoisotopic (exact) mass is 234 g/mol. The lowest BCUT2D eigenvalue weighted by Gasteiger charge is -2.14. The third kappa shape index (κ3) is 2.72. The van der Waals surface area contributed by atoms with Crippen LogP contribution in [-0.2, 0) is 0 Å². The molecule has 0 aliphatic carbocycles. The van der Waals surface area contributed by atoms with Gasteiger partial charge in [-0.15, -0.1) is 0 Å². The van der Waals surface area contributed by atoms with Gasteiger partial charge in [-0.3, -0.25) is 10.1 Å². The molecule has 0 N–H and O–H groups in total. The fraction of sp³-hybridized carbons (Fsp3) is 0.417. The van der Waals surface area contributed by atoms with E-state index in [0.717, 1.165) is 5.56 Å². The molecule has 0 spiro atoms. The lowest BCUT2D eigenvalue weighted by Crippen LogP contribution is -2.05. The van der Waals surface area contributed by atoms with Crippen molar-refractivity contribution < 1.29 is 9.66 Å². The van der Waals surface area contributed by atoms with E-state index in [2.05, 4.69) is 6.07 Å². The van der Waals surface area contributed by atoms with Crippen LogP contribution in [0.3, 0.4) is 0 Å². The van der Waals surface area contributed by atoms with Crippen LogP contribution in [0.1, 0.15) is 25.3 Å². The van der Waals surface area contributed by atoms with Crippen LogP contribution in [0, 0.1) is 27.4 Å². The van der Waals surface area contributed by atoms with Crippen LogP contribution in [0.5, 0.6) is 5.75 Å². The van der Waals surface area contributed by atoms with E-state index < -0.39 is 4.92 Å². The number of hydrogen-bond acceptors (Lipinski definition) is 4. The highest BCUT2D eigenvalue weighted by Crippen LogP contribution is 2.32. The molecule has 1 aromatic rings. The molecule has 17 heavy (non-hydrogen) atoms. The number of nitrogens with zero attached hydrogens (tertiary/aromatic N) is 2. The molecule has 1 rings (SSSR count). The van der Waals surface area contributed by atoms with Gasteiger partial charge in [0.1, 0.15) is 0 Å². The second-order valence-corrected chi connectivity index (χ2v) is 4.04. The largest absolute Gasteiger partial charge is 0.490 e. The number of rotatable bonds is 4. The van der Waals surface area contributed by atoms with Gasteiger partial charge in [-0.25, -0.2) is 0 Å². The molecular weight excluding hydrogens is 220 g/mol. The van der Waals surface area contributed by atoms with Crippen molar-refractivity contribution in [1.29, 1.82) is 5.26 Å². The summed E-state index contributed by atoms with van der Waals surface area (Å²) in [4.78, 5) is 10.2.